The number of ketones is 1. The van der Waals surface area contributed by atoms with Crippen LogP contribution < -0.4 is 0 Å². The molecule has 2 rings (SSSR count). The number of rotatable bonds is 6. The van der Waals surface area contributed by atoms with E-state index < -0.39 is 11.9 Å². The van der Waals surface area contributed by atoms with Crippen molar-refractivity contribution in [3.63, 3.8) is 0 Å². The zero-order valence-corrected chi connectivity index (χ0v) is 12.5. The van der Waals surface area contributed by atoms with Gasteiger partial charge in [-0.3, -0.25) is 4.79 Å². The van der Waals surface area contributed by atoms with E-state index in [2.05, 4.69) is 6.92 Å². The number of hydrogen-bond donors (Lipinski definition) is 1. The molecule has 4 heteroatoms. The van der Waals surface area contributed by atoms with Crippen molar-refractivity contribution in [2.45, 2.75) is 57.8 Å². The van der Waals surface area contributed by atoms with Crippen molar-refractivity contribution in [1.82, 2.24) is 0 Å². The van der Waals surface area contributed by atoms with E-state index in [1.54, 1.807) is 0 Å². The van der Waals surface area contributed by atoms with Crippen molar-refractivity contribution >= 4 is 5.78 Å². The van der Waals surface area contributed by atoms with Gasteiger partial charge in [0, 0.05) is 18.8 Å². The van der Waals surface area contributed by atoms with Crippen LogP contribution in [0.4, 0.5) is 0 Å². The van der Waals surface area contributed by atoms with E-state index in [-0.39, 0.29) is 24.0 Å². The number of aliphatic hydroxyl groups excluding tert-OH is 1. The van der Waals surface area contributed by atoms with Gasteiger partial charge in [-0.15, -0.1) is 0 Å². The molecule has 114 valence electrons. The van der Waals surface area contributed by atoms with Gasteiger partial charge in [-0.1, -0.05) is 32.8 Å². The maximum absolute atomic E-state index is 11.9. The molecule has 1 saturated carbocycles. The summed E-state index contributed by atoms with van der Waals surface area (Å²) in [5, 5.41) is 9.75. The second kappa shape index (κ2) is 6.83. The smallest absolute Gasteiger partial charge is 0.187 e. The summed E-state index contributed by atoms with van der Waals surface area (Å²) in [5.41, 5.74) is 0. The predicted octanol–water partition coefficient (Wildman–Crippen LogP) is 2.45. The first-order chi connectivity index (χ1) is 9.58. The molecule has 1 saturated heterocycles. The average Bonchev–Trinajstić information content (AvgIpc) is 2.96. The summed E-state index contributed by atoms with van der Waals surface area (Å²) in [6, 6.07) is 0. The van der Waals surface area contributed by atoms with Crippen LogP contribution in [0.2, 0.25) is 0 Å². The zero-order valence-electron chi connectivity index (χ0n) is 12.5. The summed E-state index contributed by atoms with van der Waals surface area (Å²) in [7, 11) is 0. The van der Waals surface area contributed by atoms with Crippen molar-refractivity contribution < 1.29 is 19.4 Å². The standard InChI is InChI=1S/C16H26O4/c1-3-4-5-7-16(19-9-10-20-16)8-6-13-12(2)14(17)11-15(13)18/h6,8,12-14,17H,3-5,7,9-11H2,1-2H3/b8-6+/t12-,13-,14+/m1/s1. The number of aliphatic hydroxyl groups is 1. The molecular weight excluding hydrogens is 256 g/mol. The highest BCUT2D eigenvalue weighted by Crippen LogP contribution is 2.33. The molecule has 0 aromatic carbocycles. The zero-order chi connectivity index (χ0) is 14.6. The molecule has 20 heavy (non-hydrogen) atoms. The van der Waals surface area contributed by atoms with E-state index in [9.17, 15) is 9.90 Å². The summed E-state index contributed by atoms with van der Waals surface area (Å²) in [6.45, 7) is 5.30. The van der Waals surface area contributed by atoms with Gasteiger partial charge >= 0.3 is 0 Å². The number of carbonyl (C=O) groups is 1. The monoisotopic (exact) mass is 282 g/mol. The average molecular weight is 282 g/mol. The molecule has 2 fully saturated rings. The summed E-state index contributed by atoms with van der Waals surface area (Å²) in [5.74, 6) is -0.764. The third-order valence-electron chi connectivity index (χ3n) is 4.42. The third kappa shape index (κ3) is 3.48. The van der Waals surface area contributed by atoms with Crippen molar-refractivity contribution in [2.24, 2.45) is 11.8 Å². The molecule has 0 unspecified atom stereocenters. The van der Waals surface area contributed by atoms with Crippen LogP contribution in [0.3, 0.4) is 0 Å². The van der Waals surface area contributed by atoms with E-state index in [1.807, 2.05) is 19.1 Å². The van der Waals surface area contributed by atoms with Crippen molar-refractivity contribution in [3.8, 4) is 0 Å². The van der Waals surface area contributed by atoms with E-state index in [0.29, 0.717) is 13.2 Å². The summed E-state index contributed by atoms with van der Waals surface area (Å²) in [4.78, 5) is 11.9. The molecule has 3 atom stereocenters. The number of carbonyl (C=O) groups excluding carboxylic acids is 1. The Bertz CT molecular complexity index is 357. The lowest BCUT2D eigenvalue weighted by atomic mass is 9.94. The fourth-order valence-corrected chi connectivity index (χ4v) is 3.01. The number of ether oxygens (including phenoxy) is 2. The van der Waals surface area contributed by atoms with Gasteiger partial charge in [0.25, 0.3) is 0 Å². The van der Waals surface area contributed by atoms with Gasteiger partial charge < -0.3 is 14.6 Å². The lowest BCUT2D eigenvalue weighted by Gasteiger charge is -2.24. The van der Waals surface area contributed by atoms with E-state index >= 15 is 0 Å². The minimum atomic E-state index is -0.650. The molecule has 0 aromatic rings. The molecule has 0 amide bonds. The van der Waals surface area contributed by atoms with Gasteiger partial charge in [-0.25, -0.2) is 0 Å². The lowest BCUT2D eigenvalue weighted by molar-refractivity contribution is -0.123. The number of allylic oxidation sites excluding steroid dienone is 1. The molecule has 0 radical (unpaired) electrons. The Morgan fingerprint density at radius 1 is 1.35 bits per heavy atom. The SMILES string of the molecule is CCCCCC1(/C=C/[C@H]2C(=O)C[C@H](O)[C@@H]2C)OCCO1. The van der Waals surface area contributed by atoms with Crippen LogP contribution in [0.25, 0.3) is 0 Å². The van der Waals surface area contributed by atoms with Crippen LogP contribution in [0.5, 0.6) is 0 Å². The van der Waals surface area contributed by atoms with Crippen molar-refractivity contribution in [1.29, 1.82) is 0 Å². The minimum absolute atomic E-state index is 0.0205. The molecule has 0 bridgehead atoms. The van der Waals surface area contributed by atoms with Crippen molar-refractivity contribution in [2.75, 3.05) is 13.2 Å². The molecule has 0 spiro atoms. The van der Waals surface area contributed by atoms with Crippen LogP contribution in [0.1, 0.15) is 46.0 Å². The first kappa shape index (κ1) is 15.7. The second-order valence-corrected chi connectivity index (χ2v) is 5.95. The van der Waals surface area contributed by atoms with Crippen LogP contribution in [-0.4, -0.2) is 36.0 Å². The number of hydrogen-bond acceptors (Lipinski definition) is 4. The largest absolute Gasteiger partial charge is 0.392 e. The Balaban J connectivity index is 2.00. The highest BCUT2D eigenvalue weighted by Gasteiger charge is 2.39. The molecule has 0 aromatic heterocycles. The molecule has 1 heterocycles. The molecule has 2 aliphatic rings. The Labute approximate surface area is 121 Å². The highest BCUT2D eigenvalue weighted by molar-refractivity contribution is 5.85. The van der Waals surface area contributed by atoms with Gasteiger partial charge in [0.2, 0.25) is 0 Å². The quantitative estimate of drug-likeness (QED) is 0.600. The maximum Gasteiger partial charge on any atom is 0.187 e. The van der Waals surface area contributed by atoms with Gasteiger partial charge in [0.15, 0.2) is 5.79 Å². The van der Waals surface area contributed by atoms with Crippen LogP contribution >= 0.6 is 0 Å². The topological polar surface area (TPSA) is 55.8 Å². The predicted molar refractivity (Wildman–Crippen MR) is 76.2 cm³/mol. The van der Waals surface area contributed by atoms with Gasteiger partial charge in [0.1, 0.15) is 5.78 Å². The van der Waals surface area contributed by atoms with Gasteiger partial charge in [-0.2, -0.15) is 0 Å². The van der Waals surface area contributed by atoms with E-state index in [0.717, 1.165) is 25.7 Å². The first-order valence-electron chi connectivity index (χ1n) is 7.76. The highest BCUT2D eigenvalue weighted by atomic mass is 16.7. The summed E-state index contributed by atoms with van der Waals surface area (Å²) >= 11 is 0. The van der Waals surface area contributed by atoms with Gasteiger partial charge in [0.05, 0.1) is 19.3 Å². The third-order valence-corrected chi connectivity index (χ3v) is 4.42. The summed E-state index contributed by atoms with van der Waals surface area (Å²) < 4.78 is 11.5. The maximum atomic E-state index is 11.9. The Hall–Kier alpha value is -0.710. The molecule has 4 nitrogen and oxygen atoms in total. The minimum Gasteiger partial charge on any atom is -0.392 e. The fourth-order valence-electron chi connectivity index (χ4n) is 3.01. The van der Waals surface area contributed by atoms with Crippen LogP contribution in [0.15, 0.2) is 12.2 Å². The Kier molecular flexibility index (Phi) is 5.35. The fraction of sp³-hybridized carbons (Fsp3) is 0.812. The lowest BCUT2D eigenvalue weighted by Crippen LogP contribution is -2.28. The van der Waals surface area contributed by atoms with Crippen LogP contribution in [0, 0.1) is 11.8 Å². The van der Waals surface area contributed by atoms with E-state index in [4.69, 9.17) is 9.47 Å². The Morgan fingerprint density at radius 2 is 2.05 bits per heavy atom. The Morgan fingerprint density at radius 3 is 2.60 bits per heavy atom. The van der Waals surface area contributed by atoms with Gasteiger partial charge in [-0.05, 0) is 18.4 Å². The number of unbranched alkanes of at least 4 members (excludes halogenated alkanes) is 2. The molecular formula is C16H26O4. The van der Waals surface area contributed by atoms with Crippen LogP contribution in [-0.2, 0) is 14.3 Å². The molecule has 1 N–H and O–H groups in total. The van der Waals surface area contributed by atoms with Crippen molar-refractivity contribution in [3.05, 3.63) is 12.2 Å². The number of Topliss-reactive ketones (excluding diaryl/α,β-unsaturated/α-hetero) is 1. The molecule has 1 aliphatic heterocycles. The second-order valence-electron chi connectivity index (χ2n) is 5.95. The molecule has 1 aliphatic carbocycles. The normalized spacial score (nSPS) is 33.4. The summed E-state index contributed by atoms with van der Waals surface area (Å²) in [6.07, 6.45) is 7.74. The van der Waals surface area contributed by atoms with E-state index in [1.165, 1.54) is 0 Å². The first-order valence-corrected chi connectivity index (χ1v) is 7.76.